The normalized spacial score (nSPS) is 15.4. The minimum Gasteiger partial charge on any atom is -0.487 e. The average molecular weight is 592 g/mol. The Hall–Kier alpha value is -1.69. The lowest BCUT2D eigenvalue weighted by Gasteiger charge is -2.12. The molecule has 8 heteroatoms. The summed E-state index contributed by atoms with van der Waals surface area (Å²) in [5.41, 5.74) is 1.49. The van der Waals surface area contributed by atoms with Crippen LogP contribution in [-0.2, 0) is 11.4 Å². The number of urea groups is 1. The number of nitrogens with one attached hydrogen (secondary N) is 1. The monoisotopic (exact) mass is 592 g/mol. The summed E-state index contributed by atoms with van der Waals surface area (Å²) >= 11 is 4.27. The van der Waals surface area contributed by atoms with Crippen LogP contribution in [0.15, 0.2) is 42.1 Å². The Kier molecular flexibility index (Phi) is 6.35. The molecule has 1 aliphatic rings. The molecule has 140 valence electrons. The highest BCUT2D eigenvalue weighted by Crippen LogP contribution is 2.31. The van der Waals surface area contributed by atoms with E-state index < -0.39 is 6.03 Å². The summed E-state index contributed by atoms with van der Waals surface area (Å²) in [5.74, 6) is 0.00537. The molecule has 0 atom stereocenters. The second-order valence-corrected chi connectivity index (χ2v) is 8.06. The third kappa shape index (κ3) is 4.42. The number of amides is 3. The lowest BCUT2D eigenvalue weighted by molar-refractivity contribution is -0.122. The van der Waals surface area contributed by atoms with Crippen molar-refractivity contribution in [2.24, 2.45) is 0 Å². The molecule has 2 aromatic rings. The zero-order chi connectivity index (χ0) is 19.6. The van der Waals surface area contributed by atoms with Crippen molar-refractivity contribution in [3.63, 3.8) is 0 Å². The lowest BCUT2D eigenvalue weighted by Crippen LogP contribution is -2.30. The van der Waals surface area contributed by atoms with E-state index in [-0.39, 0.29) is 24.0 Å². The number of hydrogen-bond donors (Lipinski definition) is 1. The molecule has 0 bridgehead atoms. The zero-order valence-electron chi connectivity index (χ0n) is 14.3. The fraction of sp³-hybridized carbons (Fsp3) is 0.158. The minimum absolute atomic E-state index is 0.124. The lowest BCUT2D eigenvalue weighted by atomic mass is 10.2. The summed E-state index contributed by atoms with van der Waals surface area (Å²) < 4.78 is 21.2. The second kappa shape index (κ2) is 8.55. The average Bonchev–Trinajstić information content (AvgIpc) is 2.88. The molecule has 1 saturated heterocycles. The van der Waals surface area contributed by atoms with Gasteiger partial charge in [-0.3, -0.25) is 9.69 Å². The van der Waals surface area contributed by atoms with Crippen LogP contribution >= 0.6 is 45.2 Å². The van der Waals surface area contributed by atoms with Gasteiger partial charge in [-0.05, 0) is 81.9 Å². The maximum Gasteiger partial charge on any atom is 0.328 e. The molecule has 1 fully saturated rings. The Morgan fingerprint density at radius 1 is 1.19 bits per heavy atom. The number of halogens is 3. The van der Waals surface area contributed by atoms with Gasteiger partial charge in [0.05, 0.1) is 7.14 Å². The molecule has 0 spiro atoms. The molecule has 0 saturated carbocycles. The van der Waals surface area contributed by atoms with Crippen LogP contribution in [0.1, 0.15) is 18.1 Å². The van der Waals surface area contributed by atoms with Gasteiger partial charge in [0.15, 0.2) is 0 Å². The molecular weight excluding hydrogens is 577 g/mol. The standard InChI is InChI=1S/C19H15FI2N2O3/c1-2-24-18(25)16(23-19(24)26)9-11-7-14(21)17(15(22)8-11)27-10-12-5-3-4-6-13(12)20/h3-9H,2,10H2,1H3,(H,23,26)/b16-9+. The number of carbonyl (C=O) groups excluding carboxylic acids is 2. The Morgan fingerprint density at radius 3 is 2.44 bits per heavy atom. The molecule has 1 N–H and O–H groups in total. The summed E-state index contributed by atoms with van der Waals surface area (Å²) in [4.78, 5) is 25.1. The molecular formula is C19H15FI2N2O3. The van der Waals surface area contributed by atoms with E-state index in [1.807, 2.05) is 12.1 Å². The maximum absolute atomic E-state index is 13.8. The molecule has 3 amide bonds. The topological polar surface area (TPSA) is 58.6 Å². The molecule has 27 heavy (non-hydrogen) atoms. The van der Waals surface area contributed by atoms with Crippen LogP contribution in [0.2, 0.25) is 0 Å². The first-order valence-electron chi connectivity index (χ1n) is 8.10. The Bertz CT molecular complexity index is 923. The summed E-state index contributed by atoms with van der Waals surface area (Å²) in [7, 11) is 0. The number of ether oxygens (including phenoxy) is 1. The number of carbonyl (C=O) groups is 2. The number of rotatable bonds is 5. The Balaban J connectivity index is 1.81. The highest BCUT2D eigenvalue weighted by molar-refractivity contribution is 14.1. The van der Waals surface area contributed by atoms with Gasteiger partial charge in [0.2, 0.25) is 0 Å². The van der Waals surface area contributed by atoms with Gasteiger partial charge in [-0.1, -0.05) is 18.2 Å². The van der Waals surface area contributed by atoms with Crippen LogP contribution < -0.4 is 10.1 Å². The van der Waals surface area contributed by atoms with E-state index in [0.29, 0.717) is 17.9 Å². The van der Waals surface area contributed by atoms with Gasteiger partial charge in [-0.15, -0.1) is 0 Å². The first-order valence-corrected chi connectivity index (χ1v) is 10.3. The number of imide groups is 1. The Morgan fingerprint density at radius 2 is 1.85 bits per heavy atom. The van der Waals surface area contributed by atoms with E-state index in [4.69, 9.17) is 4.74 Å². The second-order valence-electron chi connectivity index (χ2n) is 5.73. The van der Waals surface area contributed by atoms with E-state index in [1.165, 1.54) is 6.07 Å². The van der Waals surface area contributed by atoms with Crippen molar-refractivity contribution in [1.82, 2.24) is 10.2 Å². The molecule has 5 nitrogen and oxygen atoms in total. The van der Waals surface area contributed by atoms with Crippen molar-refractivity contribution in [2.75, 3.05) is 6.54 Å². The highest BCUT2D eigenvalue weighted by atomic mass is 127. The van der Waals surface area contributed by atoms with Crippen LogP contribution in [0.25, 0.3) is 6.08 Å². The molecule has 0 unspecified atom stereocenters. The third-order valence-corrected chi connectivity index (χ3v) is 5.54. The first-order chi connectivity index (χ1) is 12.9. The fourth-order valence-electron chi connectivity index (χ4n) is 2.59. The van der Waals surface area contributed by atoms with Crippen molar-refractivity contribution in [1.29, 1.82) is 0 Å². The number of hydrogen-bond acceptors (Lipinski definition) is 3. The summed E-state index contributed by atoms with van der Waals surface area (Å²) in [6, 6.07) is 9.76. The van der Waals surface area contributed by atoms with Gasteiger partial charge in [0.1, 0.15) is 23.9 Å². The third-order valence-electron chi connectivity index (χ3n) is 3.94. The van der Waals surface area contributed by atoms with Gasteiger partial charge < -0.3 is 10.1 Å². The number of benzene rings is 2. The SMILES string of the molecule is CCN1C(=O)N/C(=C/c2cc(I)c(OCc3ccccc3F)c(I)c2)C1=O. The molecule has 1 aliphatic heterocycles. The number of nitrogens with zero attached hydrogens (tertiary/aromatic N) is 1. The fourth-order valence-corrected chi connectivity index (χ4v) is 4.72. The van der Waals surface area contributed by atoms with Crippen LogP contribution in [0.5, 0.6) is 5.75 Å². The summed E-state index contributed by atoms with van der Waals surface area (Å²) in [6.07, 6.45) is 1.64. The van der Waals surface area contributed by atoms with E-state index in [9.17, 15) is 14.0 Å². The predicted octanol–water partition coefficient (Wildman–Crippen LogP) is 4.53. The van der Waals surface area contributed by atoms with Gasteiger partial charge in [-0.25, -0.2) is 9.18 Å². The van der Waals surface area contributed by atoms with Crippen LogP contribution in [0, 0.1) is 13.0 Å². The van der Waals surface area contributed by atoms with E-state index in [2.05, 4.69) is 50.5 Å². The molecule has 0 aromatic heterocycles. The molecule has 2 aromatic carbocycles. The van der Waals surface area contributed by atoms with E-state index in [1.54, 1.807) is 31.2 Å². The van der Waals surface area contributed by atoms with Crippen LogP contribution in [0.3, 0.4) is 0 Å². The van der Waals surface area contributed by atoms with Crippen molar-refractivity contribution in [2.45, 2.75) is 13.5 Å². The van der Waals surface area contributed by atoms with Crippen LogP contribution in [-0.4, -0.2) is 23.4 Å². The largest absolute Gasteiger partial charge is 0.487 e. The Labute approximate surface area is 183 Å². The predicted molar refractivity (Wildman–Crippen MR) is 117 cm³/mol. The van der Waals surface area contributed by atoms with Crippen LogP contribution in [0.4, 0.5) is 9.18 Å². The van der Waals surface area contributed by atoms with Gasteiger partial charge in [0.25, 0.3) is 5.91 Å². The smallest absolute Gasteiger partial charge is 0.328 e. The van der Waals surface area contributed by atoms with Gasteiger partial charge in [0, 0.05) is 12.1 Å². The zero-order valence-corrected chi connectivity index (χ0v) is 18.6. The number of likely N-dealkylation sites (N-methyl/N-ethyl adjacent to an activating group) is 1. The molecule has 0 aliphatic carbocycles. The van der Waals surface area contributed by atoms with Crippen molar-refractivity contribution < 1.29 is 18.7 Å². The molecule has 0 radical (unpaired) electrons. The van der Waals surface area contributed by atoms with E-state index in [0.717, 1.165) is 17.6 Å². The molecule has 3 rings (SSSR count). The van der Waals surface area contributed by atoms with Gasteiger partial charge >= 0.3 is 6.03 Å². The quantitative estimate of drug-likeness (QED) is 0.316. The summed E-state index contributed by atoms with van der Waals surface area (Å²) in [5, 5.41) is 2.58. The highest BCUT2D eigenvalue weighted by Gasteiger charge is 2.32. The molecule has 1 heterocycles. The van der Waals surface area contributed by atoms with Crippen molar-refractivity contribution in [3.05, 3.63) is 66.2 Å². The van der Waals surface area contributed by atoms with Crippen molar-refractivity contribution in [3.8, 4) is 5.75 Å². The minimum atomic E-state index is -0.414. The van der Waals surface area contributed by atoms with Crippen molar-refractivity contribution >= 4 is 63.2 Å². The first kappa shape index (κ1) is 20.1. The summed E-state index contributed by atoms with van der Waals surface area (Å²) in [6.45, 7) is 2.19. The van der Waals surface area contributed by atoms with Gasteiger partial charge in [-0.2, -0.15) is 0 Å². The maximum atomic E-state index is 13.8. The van der Waals surface area contributed by atoms with E-state index >= 15 is 0 Å².